The van der Waals surface area contributed by atoms with E-state index in [4.69, 9.17) is 5.73 Å². The van der Waals surface area contributed by atoms with E-state index >= 15 is 0 Å². The fourth-order valence-electron chi connectivity index (χ4n) is 5.01. The minimum atomic E-state index is -0.613. The molecule has 4 rings (SSSR count). The van der Waals surface area contributed by atoms with Gasteiger partial charge in [-0.25, -0.2) is 4.90 Å². The maximum absolute atomic E-state index is 13.1. The van der Waals surface area contributed by atoms with Crippen molar-refractivity contribution in [2.45, 2.75) is 50.1 Å². The van der Waals surface area contributed by atoms with Crippen molar-refractivity contribution >= 4 is 46.0 Å². The molecule has 3 saturated heterocycles. The van der Waals surface area contributed by atoms with Crippen LogP contribution in [0.15, 0.2) is 24.3 Å². The molecule has 0 bridgehead atoms. The maximum Gasteiger partial charge on any atom is 0.251 e. The second-order valence-corrected chi connectivity index (χ2v) is 9.49. The molecule has 29 heavy (non-hydrogen) atoms. The number of halogens is 1. The second-order valence-electron chi connectivity index (χ2n) is 8.24. The second kappa shape index (κ2) is 8.31. The largest absolute Gasteiger partial charge is 0.368 e. The first-order valence-electron chi connectivity index (χ1n) is 10.3. The third-order valence-corrected chi connectivity index (χ3v) is 7.41. The van der Waals surface area contributed by atoms with E-state index < -0.39 is 11.6 Å². The van der Waals surface area contributed by atoms with Gasteiger partial charge in [-0.05, 0) is 85.6 Å². The number of amides is 3. The molecule has 3 fully saturated rings. The number of carbonyl (C=O) groups excluding carboxylic acids is 3. The van der Waals surface area contributed by atoms with Gasteiger partial charge in [-0.3, -0.25) is 24.2 Å². The van der Waals surface area contributed by atoms with E-state index in [1.165, 1.54) is 11.3 Å². The number of rotatable bonds is 4. The summed E-state index contributed by atoms with van der Waals surface area (Å²) in [6, 6.07) is 6.96. The highest BCUT2D eigenvalue weighted by atomic mass is 127. The summed E-state index contributed by atoms with van der Waals surface area (Å²) < 4.78 is 1.05. The summed E-state index contributed by atoms with van der Waals surface area (Å²) in [5.41, 5.74) is 5.87. The van der Waals surface area contributed by atoms with Gasteiger partial charge in [0.15, 0.2) is 0 Å². The quantitative estimate of drug-likeness (QED) is 0.493. The Bertz CT molecular complexity index is 799. The first kappa shape index (κ1) is 20.7. The Labute approximate surface area is 184 Å². The van der Waals surface area contributed by atoms with Crippen molar-refractivity contribution in [3.8, 4) is 0 Å². The fraction of sp³-hybridized carbons (Fsp3) is 0.571. The van der Waals surface area contributed by atoms with Crippen LogP contribution in [0.5, 0.6) is 0 Å². The Hall–Kier alpha value is -1.52. The van der Waals surface area contributed by atoms with E-state index in [1.54, 1.807) is 0 Å². The van der Waals surface area contributed by atoms with E-state index in [2.05, 4.69) is 32.4 Å². The molecule has 3 amide bonds. The fourth-order valence-corrected chi connectivity index (χ4v) is 5.37. The molecule has 8 heteroatoms. The number of hydrogen-bond donors (Lipinski definition) is 1. The number of benzene rings is 1. The molecule has 156 valence electrons. The molecule has 0 saturated carbocycles. The van der Waals surface area contributed by atoms with Gasteiger partial charge in [0.25, 0.3) is 5.91 Å². The van der Waals surface area contributed by atoms with Crippen molar-refractivity contribution in [1.82, 2.24) is 9.80 Å². The van der Waals surface area contributed by atoms with Crippen LogP contribution in [0.4, 0.5) is 5.69 Å². The number of carbonyl (C=O) groups is 3. The van der Waals surface area contributed by atoms with Crippen LogP contribution >= 0.6 is 22.6 Å². The first-order chi connectivity index (χ1) is 13.9. The van der Waals surface area contributed by atoms with Crippen molar-refractivity contribution in [3.05, 3.63) is 27.8 Å². The number of primary amides is 1. The highest BCUT2D eigenvalue weighted by Crippen LogP contribution is 2.34. The van der Waals surface area contributed by atoms with Gasteiger partial charge in [-0.15, -0.1) is 0 Å². The molecule has 1 atom stereocenters. The molecule has 0 radical (unpaired) electrons. The maximum atomic E-state index is 13.1. The lowest BCUT2D eigenvalue weighted by Gasteiger charge is -2.48. The molecule has 3 aliphatic heterocycles. The predicted octanol–water partition coefficient (Wildman–Crippen LogP) is 1.73. The molecule has 7 nitrogen and oxygen atoms in total. The SMILES string of the molecule is NC(=O)C1(N2CCCCC2)CCN(C2CC(=O)N(c3ccc(I)cc3)C2=O)CC1. The molecule has 1 unspecified atom stereocenters. The van der Waals surface area contributed by atoms with Crippen molar-refractivity contribution in [2.24, 2.45) is 5.73 Å². The summed E-state index contributed by atoms with van der Waals surface area (Å²) in [5, 5.41) is 0. The molecule has 3 heterocycles. The van der Waals surface area contributed by atoms with Crippen LogP contribution in [0.1, 0.15) is 38.5 Å². The van der Waals surface area contributed by atoms with Gasteiger partial charge >= 0.3 is 0 Å². The normalized spacial score (nSPS) is 26.1. The molecule has 1 aromatic carbocycles. The summed E-state index contributed by atoms with van der Waals surface area (Å²) in [4.78, 5) is 43.7. The zero-order chi connectivity index (χ0) is 20.6. The summed E-state index contributed by atoms with van der Waals surface area (Å²) in [7, 11) is 0. The molecular formula is C21H27IN4O3. The first-order valence-corrected chi connectivity index (χ1v) is 11.4. The summed E-state index contributed by atoms with van der Waals surface area (Å²) in [5.74, 6) is -0.585. The lowest BCUT2D eigenvalue weighted by Crippen LogP contribution is -2.64. The number of imide groups is 1. The van der Waals surface area contributed by atoms with E-state index in [0.29, 0.717) is 31.6 Å². The number of likely N-dealkylation sites (tertiary alicyclic amines) is 2. The van der Waals surface area contributed by atoms with Crippen LogP contribution in [0, 0.1) is 3.57 Å². The summed E-state index contributed by atoms with van der Waals surface area (Å²) in [6.07, 6.45) is 4.81. The minimum absolute atomic E-state index is 0.163. The van der Waals surface area contributed by atoms with Crippen LogP contribution < -0.4 is 10.6 Å². The van der Waals surface area contributed by atoms with Crippen LogP contribution in [0.25, 0.3) is 0 Å². The van der Waals surface area contributed by atoms with Gasteiger partial charge in [-0.2, -0.15) is 0 Å². The summed E-state index contributed by atoms with van der Waals surface area (Å²) >= 11 is 2.20. The minimum Gasteiger partial charge on any atom is -0.368 e. The zero-order valence-corrected chi connectivity index (χ0v) is 18.6. The highest BCUT2D eigenvalue weighted by molar-refractivity contribution is 14.1. The Kier molecular flexibility index (Phi) is 5.94. The van der Waals surface area contributed by atoms with Gasteiger partial charge in [0.2, 0.25) is 11.8 Å². The smallest absolute Gasteiger partial charge is 0.251 e. The van der Waals surface area contributed by atoms with Crippen molar-refractivity contribution in [1.29, 1.82) is 0 Å². The third-order valence-electron chi connectivity index (χ3n) is 6.69. The zero-order valence-electron chi connectivity index (χ0n) is 16.5. The third kappa shape index (κ3) is 3.82. The standard InChI is InChI=1S/C21H27IN4O3/c22-15-4-6-16(7-5-15)26-18(27)14-17(19(26)28)24-12-8-21(9-13-24,20(23)29)25-10-2-1-3-11-25/h4-7,17H,1-3,8-14H2,(H2,23,29). The van der Waals surface area contributed by atoms with E-state index in [1.807, 2.05) is 24.3 Å². The van der Waals surface area contributed by atoms with Gasteiger partial charge in [0.1, 0.15) is 5.54 Å². The van der Waals surface area contributed by atoms with Gasteiger partial charge < -0.3 is 5.73 Å². The van der Waals surface area contributed by atoms with Gasteiger partial charge in [-0.1, -0.05) is 6.42 Å². The Morgan fingerprint density at radius 2 is 1.62 bits per heavy atom. The molecular weight excluding hydrogens is 483 g/mol. The van der Waals surface area contributed by atoms with Crippen LogP contribution in [-0.2, 0) is 14.4 Å². The number of hydrogen-bond acceptors (Lipinski definition) is 5. The van der Waals surface area contributed by atoms with Crippen LogP contribution in [-0.4, -0.2) is 65.3 Å². The Balaban J connectivity index is 1.47. The number of anilines is 1. The topological polar surface area (TPSA) is 87.0 Å². The molecule has 0 aliphatic carbocycles. The van der Waals surface area contributed by atoms with E-state index in [0.717, 1.165) is 29.5 Å². The van der Waals surface area contributed by atoms with Crippen LogP contribution in [0.2, 0.25) is 0 Å². The molecule has 0 aromatic heterocycles. The lowest BCUT2D eigenvalue weighted by molar-refractivity contribution is -0.136. The van der Waals surface area contributed by atoms with Crippen molar-refractivity contribution in [3.63, 3.8) is 0 Å². The van der Waals surface area contributed by atoms with E-state index in [-0.39, 0.29) is 24.1 Å². The predicted molar refractivity (Wildman–Crippen MR) is 118 cm³/mol. The highest BCUT2D eigenvalue weighted by Gasteiger charge is 2.49. The molecule has 1 aromatic rings. The number of nitrogens with zero attached hydrogens (tertiary/aromatic N) is 3. The number of nitrogens with two attached hydrogens (primary N) is 1. The monoisotopic (exact) mass is 510 g/mol. The molecule has 2 N–H and O–H groups in total. The molecule has 0 spiro atoms. The number of piperidine rings is 2. The average Bonchev–Trinajstić information content (AvgIpc) is 3.03. The Morgan fingerprint density at radius 1 is 1.00 bits per heavy atom. The molecule has 3 aliphatic rings. The lowest BCUT2D eigenvalue weighted by atomic mass is 9.83. The van der Waals surface area contributed by atoms with E-state index in [9.17, 15) is 14.4 Å². The summed E-state index contributed by atoms with van der Waals surface area (Å²) in [6.45, 7) is 3.02. The van der Waals surface area contributed by atoms with Gasteiger partial charge in [0, 0.05) is 16.7 Å². The van der Waals surface area contributed by atoms with Gasteiger partial charge in [0.05, 0.1) is 18.2 Å². The van der Waals surface area contributed by atoms with Crippen molar-refractivity contribution < 1.29 is 14.4 Å². The van der Waals surface area contributed by atoms with Crippen molar-refractivity contribution in [2.75, 3.05) is 31.1 Å². The van der Waals surface area contributed by atoms with Crippen LogP contribution in [0.3, 0.4) is 0 Å². The Morgan fingerprint density at radius 3 is 2.21 bits per heavy atom. The average molecular weight is 510 g/mol.